The first kappa shape index (κ1) is 10.9. The molecule has 0 amide bonds. The number of alkyl halides is 3. The van der Waals surface area contributed by atoms with Crippen LogP contribution in [0.15, 0.2) is 35.4 Å². The third kappa shape index (κ3) is 1.76. The van der Waals surface area contributed by atoms with Crippen LogP contribution in [-0.4, -0.2) is 22.7 Å². The molecule has 1 aromatic carbocycles. The molecule has 0 bridgehead atoms. The molecule has 3 nitrogen and oxygen atoms in total. The Bertz CT molecular complexity index is 416. The Morgan fingerprint density at radius 2 is 1.88 bits per heavy atom. The molecule has 1 aliphatic rings. The lowest BCUT2D eigenvalue weighted by molar-refractivity contribution is -0.266. The maximum absolute atomic E-state index is 12.4. The average molecular weight is 230 g/mol. The molecule has 0 radical (unpaired) electrons. The van der Waals surface area contributed by atoms with E-state index in [1.807, 2.05) is 0 Å². The molecule has 0 aliphatic carbocycles. The first-order chi connectivity index (χ1) is 7.42. The lowest BCUT2D eigenvalue weighted by Crippen LogP contribution is -2.52. The number of halogens is 3. The SMILES string of the molecule is O[C@@]1(C(F)(F)F)CC(c2ccccc2)=NN1. The highest BCUT2D eigenvalue weighted by Crippen LogP contribution is 2.34. The second-order valence-electron chi connectivity index (χ2n) is 3.57. The van der Waals surface area contributed by atoms with Crippen LogP contribution < -0.4 is 5.43 Å². The van der Waals surface area contributed by atoms with Gasteiger partial charge in [0.05, 0.1) is 12.1 Å². The van der Waals surface area contributed by atoms with Gasteiger partial charge >= 0.3 is 6.18 Å². The van der Waals surface area contributed by atoms with E-state index in [-0.39, 0.29) is 5.71 Å². The molecule has 0 spiro atoms. The normalized spacial score (nSPS) is 25.1. The summed E-state index contributed by atoms with van der Waals surface area (Å²) in [6.45, 7) is 0. The van der Waals surface area contributed by atoms with Crippen LogP contribution in [0.4, 0.5) is 13.2 Å². The minimum absolute atomic E-state index is 0.195. The Hall–Kier alpha value is -1.56. The maximum atomic E-state index is 12.4. The van der Waals surface area contributed by atoms with Gasteiger partial charge in [-0.2, -0.15) is 18.3 Å². The molecule has 1 heterocycles. The predicted molar refractivity (Wildman–Crippen MR) is 51.7 cm³/mol. The lowest BCUT2D eigenvalue weighted by Gasteiger charge is -2.24. The van der Waals surface area contributed by atoms with Gasteiger partial charge in [0.25, 0.3) is 5.72 Å². The van der Waals surface area contributed by atoms with Gasteiger partial charge in [0.15, 0.2) is 0 Å². The van der Waals surface area contributed by atoms with Gasteiger partial charge in [-0.1, -0.05) is 30.3 Å². The molecule has 6 heteroatoms. The molecule has 0 saturated carbocycles. The molecule has 86 valence electrons. The number of nitrogens with one attached hydrogen (secondary N) is 1. The van der Waals surface area contributed by atoms with E-state index >= 15 is 0 Å². The summed E-state index contributed by atoms with van der Waals surface area (Å²) in [4.78, 5) is 0. The van der Waals surface area contributed by atoms with E-state index in [0.29, 0.717) is 5.56 Å². The molecular formula is C10H9F3N2O. The summed E-state index contributed by atoms with van der Waals surface area (Å²) in [7, 11) is 0. The Morgan fingerprint density at radius 1 is 1.25 bits per heavy atom. The zero-order valence-corrected chi connectivity index (χ0v) is 8.12. The standard InChI is InChI=1S/C10H9F3N2O/c11-10(12,13)9(16)6-8(14-15-9)7-4-2-1-3-5-7/h1-5,15-16H,6H2/t9-/m1/s1. The van der Waals surface area contributed by atoms with Crippen LogP contribution in [0.5, 0.6) is 0 Å². The minimum atomic E-state index is -4.74. The van der Waals surface area contributed by atoms with E-state index < -0.39 is 18.3 Å². The molecule has 16 heavy (non-hydrogen) atoms. The third-order valence-corrected chi connectivity index (χ3v) is 2.38. The van der Waals surface area contributed by atoms with Crippen LogP contribution in [-0.2, 0) is 0 Å². The maximum Gasteiger partial charge on any atom is 0.438 e. The summed E-state index contributed by atoms with van der Waals surface area (Å²) in [6, 6.07) is 8.43. The van der Waals surface area contributed by atoms with Crippen molar-refractivity contribution in [2.45, 2.75) is 18.3 Å². The highest BCUT2D eigenvalue weighted by atomic mass is 19.4. The van der Waals surface area contributed by atoms with Gasteiger partial charge in [0, 0.05) is 0 Å². The Morgan fingerprint density at radius 3 is 2.38 bits per heavy atom. The molecule has 2 rings (SSSR count). The van der Waals surface area contributed by atoms with Gasteiger partial charge in [-0.15, -0.1) is 0 Å². The second-order valence-corrected chi connectivity index (χ2v) is 3.57. The van der Waals surface area contributed by atoms with Gasteiger partial charge in [0.2, 0.25) is 0 Å². The molecule has 0 saturated heterocycles. The van der Waals surface area contributed by atoms with Crippen molar-refractivity contribution in [3.8, 4) is 0 Å². The Balaban J connectivity index is 2.20. The monoisotopic (exact) mass is 230 g/mol. The van der Waals surface area contributed by atoms with E-state index in [1.54, 1.807) is 35.8 Å². The van der Waals surface area contributed by atoms with Crippen molar-refractivity contribution in [1.29, 1.82) is 0 Å². The van der Waals surface area contributed by atoms with Crippen LogP contribution in [0.25, 0.3) is 0 Å². The number of benzene rings is 1. The zero-order chi connectivity index (χ0) is 11.8. The van der Waals surface area contributed by atoms with Gasteiger partial charge in [-0.3, -0.25) is 5.43 Å². The van der Waals surface area contributed by atoms with Crippen LogP contribution >= 0.6 is 0 Å². The molecule has 0 unspecified atom stereocenters. The Kier molecular flexibility index (Phi) is 2.38. The molecule has 1 atom stereocenters. The summed E-state index contributed by atoms with van der Waals surface area (Å²) in [5.41, 5.74) is -0.446. The van der Waals surface area contributed by atoms with E-state index in [0.717, 1.165) is 0 Å². The van der Waals surface area contributed by atoms with E-state index in [2.05, 4.69) is 5.10 Å². The van der Waals surface area contributed by atoms with Crippen molar-refractivity contribution >= 4 is 5.71 Å². The molecular weight excluding hydrogens is 221 g/mol. The topological polar surface area (TPSA) is 44.6 Å². The highest BCUT2D eigenvalue weighted by molar-refractivity contribution is 6.02. The minimum Gasteiger partial charge on any atom is -0.362 e. The van der Waals surface area contributed by atoms with Crippen molar-refractivity contribution in [3.05, 3.63) is 35.9 Å². The van der Waals surface area contributed by atoms with E-state index in [9.17, 15) is 18.3 Å². The predicted octanol–water partition coefficient (Wildman–Crippen LogP) is 1.63. The van der Waals surface area contributed by atoms with Crippen molar-refractivity contribution in [2.75, 3.05) is 0 Å². The average Bonchev–Trinajstić information content (AvgIpc) is 2.63. The van der Waals surface area contributed by atoms with Gasteiger partial charge in [0.1, 0.15) is 0 Å². The first-order valence-electron chi connectivity index (χ1n) is 4.61. The fourth-order valence-electron chi connectivity index (χ4n) is 1.44. The zero-order valence-electron chi connectivity index (χ0n) is 8.12. The first-order valence-corrected chi connectivity index (χ1v) is 4.61. The van der Waals surface area contributed by atoms with Crippen LogP contribution in [0.3, 0.4) is 0 Å². The van der Waals surface area contributed by atoms with Crippen LogP contribution in [0.2, 0.25) is 0 Å². The summed E-state index contributed by atoms with van der Waals surface area (Å²) >= 11 is 0. The van der Waals surface area contributed by atoms with Crippen LogP contribution in [0.1, 0.15) is 12.0 Å². The fraction of sp³-hybridized carbons (Fsp3) is 0.300. The quantitative estimate of drug-likeness (QED) is 0.770. The van der Waals surface area contributed by atoms with E-state index in [4.69, 9.17) is 0 Å². The summed E-state index contributed by atoms with van der Waals surface area (Å²) < 4.78 is 37.3. The lowest BCUT2D eigenvalue weighted by atomic mass is 10.0. The number of rotatable bonds is 1. The van der Waals surface area contributed by atoms with E-state index in [1.165, 1.54) is 0 Å². The van der Waals surface area contributed by atoms with Crippen molar-refractivity contribution in [1.82, 2.24) is 5.43 Å². The number of hydrogen-bond donors (Lipinski definition) is 2. The number of aliphatic hydroxyl groups is 1. The molecule has 1 aromatic rings. The van der Waals surface area contributed by atoms with Gasteiger partial charge in [-0.05, 0) is 5.56 Å². The van der Waals surface area contributed by atoms with Crippen LogP contribution in [0, 0.1) is 0 Å². The number of nitrogens with zero attached hydrogens (tertiary/aromatic N) is 1. The second kappa shape index (κ2) is 3.48. The number of hydrogen-bond acceptors (Lipinski definition) is 3. The van der Waals surface area contributed by atoms with Crippen molar-refractivity contribution in [2.24, 2.45) is 5.10 Å². The largest absolute Gasteiger partial charge is 0.438 e. The summed E-state index contributed by atoms with van der Waals surface area (Å²) in [5, 5.41) is 12.8. The van der Waals surface area contributed by atoms with Crippen molar-refractivity contribution < 1.29 is 18.3 Å². The van der Waals surface area contributed by atoms with Gasteiger partial charge < -0.3 is 5.11 Å². The molecule has 0 aromatic heterocycles. The smallest absolute Gasteiger partial charge is 0.362 e. The summed E-state index contributed by atoms with van der Waals surface area (Å²) in [5.74, 6) is 0. The van der Waals surface area contributed by atoms with Gasteiger partial charge in [-0.25, -0.2) is 0 Å². The summed E-state index contributed by atoms with van der Waals surface area (Å²) in [6.07, 6.45) is -5.33. The fourth-order valence-corrected chi connectivity index (χ4v) is 1.44. The Labute approximate surface area is 89.6 Å². The molecule has 1 aliphatic heterocycles. The molecule has 2 N–H and O–H groups in total. The highest BCUT2D eigenvalue weighted by Gasteiger charge is 2.57. The third-order valence-electron chi connectivity index (χ3n) is 2.38. The number of hydrazone groups is 1. The molecule has 0 fully saturated rings. The van der Waals surface area contributed by atoms with Crippen molar-refractivity contribution in [3.63, 3.8) is 0 Å².